The maximum absolute atomic E-state index is 12.7. The Labute approximate surface area is 126 Å². The Hall–Kier alpha value is -0.560. The summed E-state index contributed by atoms with van der Waals surface area (Å²) in [5, 5.41) is 0. The highest BCUT2D eigenvalue weighted by Gasteiger charge is 2.38. The minimum absolute atomic E-state index is 0.265. The van der Waals surface area contributed by atoms with E-state index >= 15 is 0 Å². The zero-order valence-corrected chi connectivity index (χ0v) is 13.9. The van der Waals surface area contributed by atoms with Crippen molar-refractivity contribution in [2.45, 2.75) is 23.7 Å². The highest BCUT2D eigenvalue weighted by molar-refractivity contribution is 7.89. The lowest BCUT2D eigenvalue weighted by Gasteiger charge is -2.22. The zero-order chi connectivity index (χ0) is 15.1. The second kappa shape index (κ2) is 5.67. The van der Waals surface area contributed by atoms with Gasteiger partial charge in [-0.3, -0.25) is 0 Å². The molecule has 7 heteroatoms. The van der Waals surface area contributed by atoms with Crippen LogP contribution in [-0.2, 0) is 23.0 Å². The summed E-state index contributed by atoms with van der Waals surface area (Å²) < 4.78 is 28.7. The molecule has 0 bridgehead atoms. The van der Waals surface area contributed by atoms with Crippen LogP contribution in [0.1, 0.15) is 12.6 Å². The Morgan fingerprint density at radius 2 is 2.05 bits per heavy atom. The predicted molar refractivity (Wildman–Crippen MR) is 80.4 cm³/mol. The average molecular weight is 320 g/mol. The van der Waals surface area contributed by atoms with Gasteiger partial charge in [-0.1, -0.05) is 6.92 Å². The molecule has 1 fully saturated rings. The second-order valence-electron chi connectivity index (χ2n) is 5.74. The summed E-state index contributed by atoms with van der Waals surface area (Å²) in [4.78, 5) is 2.43. The minimum Gasteiger partial charge on any atom is -0.352 e. The van der Waals surface area contributed by atoms with E-state index in [2.05, 4.69) is 11.8 Å². The first kappa shape index (κ1) is 15.8. The number of rotatable bonds is 4. The predicted octanol–water partition coefficient (Wildman–Crippen LogP) is 1.33. The van der Waals surface area contributed by atoms with Gasteiger partial charge in [0, 0.05) is 38.1 Å². The number of halogens is 1. The van der Waals surface area contributed by atoms with E-state index in [1.807, 2.05) is 21.1 Å². The van der Waals surface area contributed by atoms with Gasteiger partial charge in [-0.15, -0.1) is 11.6 Å². The van der Waals surface area contributed by atoms with Crippen molar-refractivity contribution < 1.29 is 8.42 Å². The van der Waals surface area contributed by atoms with Gasteiger partial charge in [0.15, 0.2) is 0 Å². The SMILES string of the molecule is CC1CN(S(=O)(=O)c2cc(CCl)n(C)c2)CC1N(C)C. The summed E-state index contributed by atoms with van der Waals surface area (Å²) >= 11 is 5.81. The van der Waals surface area contributed by atoms with Gasteiger partial charge in [0.25, 0.3) is 0 Å². The number of hydrogen-bond acceptors (Lipinski definition) is 3. The fourth-order valence-electron chi connectivity index (χ4n) is 2.77. The first-order chi connectivity index (χ1) is 9.27. The van der Waals surface area contributed by atoms with Crippen LogP contribution in [0.25, 0.3) is 0 Å². The van der Waals surface area contributed by atoms with E-state index in [4.69, 9.17) is 11.6 Å². The summed E-state index contributed by atoms with van der Waals surface area (Å²) in [6.07, 6.45) is 1.64. The Balaban J connectivity index is 2.27. The fraction of sp³-hybridized carbons (Fsp3) is 0.692. The second-order valence-corrected chi connectivity index (χ2v) is 7.95. The zero-order valence-electron chi connectivity index (χ0n) is 12.4. The van der Waals surface area contributed by atoms with Crippen LogP contribution in [0.15, 0.2) is 17.2 Å². The number of aromatic nitrogens is 1. The van der Waals surface area contributed by atoms with Gasteiger partial charge in [-0.2, -0.15) is 4.31 Å². The Morgan fingerprint density at radius 3 is 2.50 bits per heavy atom. The van der Waals surface area contributed by atoms with Gasteiger partial charge in [0.1, 0.15) is 4.90 Å². The minimum atomic E-state index is -3.42. The van der Waals surface area contributed by atoms with Crippen molar-refractivity contribution in [3.63, 3.8) is 0 Å². The summed E-state index contributed by atoms with van der Waals surface area (Å²) in [5.41, 5.74) is 0.807. The summed E-state index contributed by atoms with van der Waals surface area (Å²) in [7, 11) is 2.37. The van der Waals surface area contributed by atoms with Crippen LogP contribution in [0, 0.1) is 5.92 Å². The average Bonchev–Trinajstić information content (AvgIpc) is 2.93. The number of aryl methyl sites for hydroxylation is 1. The number of hydrogen-bond donors (Lipinski definition) is 0. The maximum Gasteiger partial charge on any atom is 0.244 e. The molecule has 1 aliphatic rings. The topological polar surface area (TPSA) is 45.6 Å². The van der Waals surface area contributed by atoms with Crippen molar-refractivity contribution >= 4 is 21.6 Å². The van der Waals surface area contributed by atoms with Gasteiger partial charge in [-0.05, 0) is 26.1 Å². The number of likely N-dealkylation sites (N-methyl/N-ethyl adjacent to an activating group) is 1. The molecular weight excluding hydrogens is 298 g/mol. The summed E-state index contributed by atoms with van der Waals surface area (Å²) in [6, 6.07) is 1.93. The van der Waals surface area contributed by atoms with Crippen molar-refractivity contribution in [1.29, 1.82) is 0 Å². The quantitative estimate of drug-likeness (QED) is 0.787. The van der Waals surface area contributed by atoms with Crippen LogP contribution in [0.5, 0.6) is 0 Å². The van der Waals surface area contributed by atoms with Crippen molar-refractivity contribution in [3.8, 4) is 0 Å². The largest absolute Gasteiger partial charge is 0.352 e. The van der Waals surface area contributed by atoms with Gasteiger partial charge < -0.3 is 9.47 Å². The van der Waals surface area contributed by atoms with Crippen molar-refractivity contribution in [2.75, 3.05) is 27.2 Å². The molecule has 0 saturated carbocycles. The van der Waals surface area contributed by atoms with E-state index in [1.165, 1.54) is 0 Å². The normalized spacial score (nSPS) is 24.7. The monoisotopic (exact) mass is 319 g/mol. The van der Waals surface area contributed by atoms with Crippen LogP contribution in [0.2, 0.25) is 0 Å². The van der Waals surface area contributed by atoms with Crippen molar-refractivity contribution in [2.24, 2.45) is 13.0 Å². The molecule has 1 saturated heterocycles. The van der Waals surface area contributed by atoms with E-state index in [9.17, 15) is 8.42 Å². The molecule has 5 nitrogen and oxygen atoms in total. The third kappa shape index (κ3) is 2.74. The molecule has 0 aromatic carbocycles. The molecule has 114 valence electrons. The molecule has 1 aliphatic heterocycles. The fourth-order valence-corrected chi connectivity index (χ4v) is 4.70. The van der Waals surface area contributed by atoms with Crippen LogP contribution < -0.4 is 0 Å². The van der Waals surface area contributed by atoms with E-state index in [0.717, 1.165) is 5.69 Å². The molecule has 2 unspecified atom stereocenters. The first-order valence-corrected chi connectivity index (χ1v) is 8.62. The highest BCUT2D eigenvalue weighted by Crippen LogP contribution is 2.27. The molecule has 0 spiro atoms. The Bertz CT molecular complexity index is 582. The molecule has 2 atom stereocenters. The third-order valence-corrected chi connectivity index (χ3v) is 6.13. The highest BCUT2D eigenvalue weighted by atomic mass is 35.5. The first-order valence-electron chi connectivity index (χ1n) is 6.65. The Morgan fingerprint density at radius 1 is 1.40 bits per heavy atom. The molecule has 20 heavy (non-hydrogen) atoms. The number of alkyl halides is 1. The van der Waals surface area contributed by atoms with Crippen LogP contribution in [0.4, 0.5) is 0 Å². The smallest absolute Gasteiger partial charge is 0.244 e. The number of sulfonamides is 1. The molecule has 0 aliphatic carbocycles. The molecule has 2 heterocycles. The third-order valence-electron chi connectivity index (χ3n) is 4.06. The lowest BCUT2D eigenvalue weighted by Crippen LogP contribution is -2.35. The van der Waals surface area contributed by atoms with E-state index in [1.54, 1.807) is 21.1 Å². The molecule has 1 aromatic rings. The van der Waals surface area contributed by atoms with E-state index in [0.29, 0.717) is 29.8 Å². The van der Waals surface area contributed by atoms with Gasteiger partial charge >= 0.3 is 0 Å². The maximum atomic E-state index is 12.7. The van der Waals surface area contributed by atoms with Crippen LogP contribution in [0.3, 0.4) is 0 Å². The molecule has 2 rings (SSSR count). The van der Waals surface area contributed by atoms with Gasteiger partial charge in [0.05, 0.1) is 5.88 Å². The van der Waals surface area contributed by atoms with Crippen LogP contribution >= 0.6 is 11.6 Å². The lowest BCUT2D eigenvalue weighted by molar-refractivity contribution is 0.263. The van der Waals surface area contributed by atoms with Crippen molar-refractivity contribution in [1.82, 2.24) is 13.8 Å². The van der Waals surface area contributed by atoms with Gasteiger partial charge in [-0.25, -0.2) is 8.42 Å². The van der Waals surface area contributed by atoms with E-state index < -0.39 is 10.0 Å². The number of nitrogens with zero attached hydrogens (tertiary/aromatic N) is 3. The molecule has 1 aromatic heterocycles. The lowest BCUT2D eigenvalue weighted by atomic mass is 10.1. The summed E-state index contributed by atoms with van der Waals surface area (Å²) in [5.74, 6) is 0.638. The molecule has 0 amide bonds. The van der Waals surface area contributed by atoms with E-state index in [-0.39, 0.29) is 6.04 Å². The van der Waals surface area contributed by atoms with Crippen LogP contribution in [-0.4, -0.2) is 55.4 Å². The van der Waals surface area contributed by atoms with Crippen molar-refractivity contribution in [3.05, 3.63) is 18.0 Å². The standard InChI is InChI=1S/C13H22ClN3O2S/c1-10-7-17(9-13(10)15(2)3)20(18,19)12-5-11(6-14)16(4)8-12/h5,8,10,13H,6-7,9H2,1-4H3. The van der Waals surface area contributed by atoms with Gasteiger partial charge in [0.2, 0.25) is 10.0 Å². The molecule has 0 N–H and O–H groups in total. The summed E-state index contributed by atoms with van der Waals surface area (Å²) in [6.45, 7) is 3.20. The Kier molecular flexibility index (Phi) is 4.49. The molecular formula is C13H22ClN3O2S. The molecule has 0 radical (unpaired) electrons.